The van der Waals surface area contributed by atoms with Gasteiger partial charge in [-0.3, -0.25) is 4.79 Å². The summed E-state index contributed by atoms with van der Waals surface area (Å²) in [7, 11) is 0. The van der Waals surface area contributed by atoms with Crippen molar-refractivity contribution in [3.63, 3.8) is 0 Å². The number of carbonyl (C=O) groups excluding carboxylic acids is 1. The predicted molar refractivity (Wildman–Crippen MR) is 87.1 cm³/mol. The zero-order chi connectivity index (χ0) is 15.8. The highest BCUT2D eigenvalue weighted by Crippen LogP contribution is 2.09. The minimum absolute atomic E-state index is 0.0242. The molecule has 0 unspecified atom stereocenters. The Morgan fingerprint density at radius 3 is 2.45 bits per heavy atom. The number of halogens is 1. The lowest BCUT2D eigenvalue weighted by Gasteiger charge is -2.14. The summed E-state index contributed by atoms with van der Waals surface area (Å²) in [5.41, 5.74) is 1.87. The molecule has 116 valence electrons. The smallest absolute Gasteiger partial charge is 0.220 e. The van der Waals surface area contributed by atoms with Crippen LogP contribution in [0.25, 0.3) is 0 Å². The van der Waals surface area contributed by atoms with Gasteiger partial charge >= 0.3 is 0 Å². The number of benzene rings is 2. The molecule has 0 bridgehead atoms. The van der Waals surface area contributed by atoms with Gasteiger partial charge in [-0.05, 0) is 43.4 Å². The van der Waals surface area contributed by atoms with E-state index in [1.54, 1.807) is 18.2 Å². The number of nitrogens with one attached hydrogen (secondary N) is 1. The van der Waals surface area contributed by atoms with Crippen LogP contribution >= 0.6 is 0 Å². The van der Waals surface area contributed by atoms with Crippen molar-refractivity contribution >= 4 is 5.91 Å². The van der Waals surface area contributed by atoms with Crippen LogP contribution in [0, 0.1) is 5.82 Å². The Kier molecular flexibility index (Phi) is 6.13. The molecule has 22 heavy (non-hydrogen) atoms. The van der Waals surface area contributed by atoms with Gasteiger partial charge in [0.2, 0.25) is 5.91 Å². The third kappa shape index (κ3) is 5.32. The second-order valence-electron chi connectivity index (χ2n) is 5.58. The lowest BCUT2D eigenvalue weighted by atomic mass is 10.1. The zero-order valence-electron chi connectivity index (χ0n) is 12.9. The van der Waals surface area contributed by atoms with Gasteiger partial charge < -0.3 is 5.32 Å². The van der Waals surface area contributed by atoms with Crippen molar-refractivity contribution in [2.45, 2.75) is 38.6 Å². The van der Waals surface area contributed by atoms with E-state index in [0.29, 0.717) is 18.4 Å². The van der Waals surface area contributed by atoms with Crippen LogP contribution in [0.3, 0.4) is 0 Å². The standard InChI is InChI=1S/C19H22FNO/c1-15(11-12-16-7-3-2-4-8-16)21-19(22)14-13-17-9-5-6-10-18(17)20/h2-10,15H,11-14H2,1H3,(H,21,22)/t15-/m0/s1. The van der Waals surface area contributed by atoms with Crippen LogP contribution in [-0.4, -0.2) is 11.9 Å². The van der Waals surface area contributed by atoms with Gasteiger partial charge in [0.1, 0.15) is 5.82 Å². The van der Waals surface area contributed by atoms with E-state index in [0.717, 1.165) is 12.8 Å². The minimum Gasteiger partial charge on any atom is -0.354 e. The van der Waals surface area contributed by atoms with Crippen molar-refractivity contribution in [1.82, 2.24) is 5.32 Å². The van der Waals surface area contributed by atoms with Gasteiger partial charge in [0.25, 0.3) is 0 Å². The average molecular weight is 299 g/mol. The SMILES string of the molecule is C[C@@H](CCc1ccccc1)NC(=O)CCc1ccccc1F. The van der Waals surface area contributed by atoms with E-state index in [2.05, 4.69) is 17.4 Å². The minimum atomic E-state index is -0.243. The Bertz CT molecular complexity index is 597. The maximum Gasteiger partial charge on any atom is 0.220 e. The monoisotopic (exact) mass is 299 g/mol. The second kappa shape index (κ2) is 8.32. The van der Waals surface area contributed by atoms with Gasteiger partial charge in [0.05, 0.1) is 0 Å². The van der Waals surface area contributed by atoms with Gasteiger partial charge in [0.15, 0.2) is 0 Å². The van der Waals surface area contributed by atoms with Gasteiger partial charge in [-0.1, -0.05) is 48.5 Å². The van der Waals surface area contributed by atoms with Gasteiger partial charge in [-0.15, -0.1) is 0 Å². The molecule has 2 aromatic carbocycles. The first-order valence-corrected chi connectivity index (χ1v) is 7.72. The van der Waals surface area contributed by atoms with Crippen LogP contribution in [0.4, 0.5) is 4.39 Å². The summed E-state index contributed by atoms with van der Waals surface area (Å²) in [6.45, 7) is 2.00. The third-order valence-electron chi connectivity index (χ3n) is 3.70. The lowest BCUT2D eigenvalue weighted by molar-refractivity contribution is -0.121. The zero-order valence-corrected chi connectivity index (χ0v) is 12.9. The van der Waals surface area contributed by atoms with Crippen LogP contribution in [0.2, 0.25) is 0 Å². The van der Waals surface area contributed by atoms with Crippen LogP contribution < -0.4 is 5.32 Å². The van der Waals surface area contributed by atoms with Crippen molar-refractivity contribution in [3.05, 3.63) is 71.5 Å². The number of rotatable bonds is 7. The Labute approximate surface area is 131 Å². The lowest BCUT2D eigenvalue weighted by Crippen LogP contribution is -2.33. The molecule has 0 spiro atoms. The maximum absolute atomic E-state index is 13.5. The number of carbonyl (C=O) groups is 1. The van der Waals surface area contributed by atoms with Crippen molar-refractivity contribution in [2.75, 3.05) is 0 Å². The molecular weight excluding hydrogens is 277 g/mol. The molecule has 0 saturated heterocycles. The summed E-state index contributed by atoms with van der Waals surface area (Å²) in [6, 6.07) is 16.9. The molecule has 0 aromatic heterocycles. The Hall–Kier alpha value is -2.16. The highest BCUT2D eigenvalue weighted by Gasteiger charge is 2.09. The van der Waals surface area contributed by atoms with E-state index in [1.807, 2.05) is 25.1 Å². The molecule has 2 aromatic rings. The summed E-state index contributed by atoms with van der Waals surface area (Å²) >= 11 is 0. The maximum atomic E-state index is 13.5. The molecule has 1 atom stereocenters. The van der Waals surface area contributed by atoms with Crippen LogP contribution in [0.15, 0.2) is 54.6 Å². The molecule has 0 fully saturated rings. The highest BCUT2D eigenvalue weighted by molar-refractivity contribution is 5.76. The molecular formula is C19H22FNO. The van der Waals surface area contributed by atoms with E-state index in [4.69, 9.17) is 0 Å². The predicted octanol–water partition coefficient (Wildman–Crippen LogP) is 3.90. The average Bonchev–Trinajstić information content (AvgIpc) is 2.53. The van der Waals surface area contributed by atoms with Crippen LogP contribution in [0.5, 0.6) is 0 Å². The topological polar surface area (TPSA) is 29.1 Å². The van der Waals surface area contributed by atoms with Crippen molar-refractivity contribution in [3.8, 4) is 0 Å². The molecule has 0 heterocycles. The molecule has 2 nitrogen and oxygen atoms in total. The van der Waals surface area contributed by atoms with Crippen LogP contribution in [0.1, 0.15) is 30.9 Å². The number of aryl methyl sites for hydroxylation is 2. The molecule has 0 saturated carbocycles. The van der Waals surface area contributed by atoms with Gasteiger partial charge in [-0.25, -0.2) is 4.39 Å². The highest BCUT2D eigenvalue weighted by atomic mass is 19.1. The summed E-state index contributed by atoms with van der Waals surface area (Å²) in [5, 5.41) is 2.98. The number of hydrogen-bond acceptors (Lipinski definition) is 1. The molecule has 1 amide bonds. The number of hydrogen-bond donors (Lipinski definition) is 1. The molecule has 3 heteroatoms. The molecule has 0 radical (unpaired) electrons. The fourth-order valence-electron chi connectivity index (χ4n) is 2.40. The van der Waals surface area contributed by atoms with E-state index in [1.165, 1.54) is 11.6 Å². The summed E-state index contributed by atoms with van der Waals surface area (Å²) in [5.74, 6) is -0.267. The Balaban J connectivity index is 1.71. The first-order chi connectivity index (χ1) is 10.6. The van der Waals surface area contributed by atoms with E-state index in [9.17, 15) is 9.18 Å². The molecule has 0 aliphatic heterocycles. The summed E-state index contributed by atoms with van der Waals surface area (Å²) in [4.78, 5) is 11.9. The fraction of sp³-hybridized carbons (Fsp3) is 0.316. The molecule has 1 N–H and O–H groups in total. The third-order valence-corrected chi connectivity index (χ3v) is 3.70. The van der Waals surface area contributed by atoms with Gasteiger partial charge in [-0.2, -0.15) is 0 Å². The van der Waals surface area contributed by atoms with Gasteiger partial charge in [0, 0.05) is 12.5 Å². The summed E-state index contributed by atoms with van der Waals surface area (Å²) in [6.07, 6.45) is 2.59. The van der Waals surface area contributed by atoms with Crippen LogP contribution in [-0.2, 0) is 17.6 Å². The quantitative estimate of drug-likeness (QED) is 0.825. The normalized spacial score (nSPS) is 11.9. The Morgan fingerprint density at radius 1 is 1.05 bits per heavy atom. The summed E-state index contributed by atoms with van der Waals surface area (Å²) < 4.78 is 13.5. The van der Waals surface area contributed by atoms with Crippen molar-refractivity contribution in [1.29, 1.82) is 0 Å². The number of amides is 1. The van der Waals surface area contributed by atoms with E-state index >= 15 is 0 Å². The molecule has 0 aliphatic rings. The van der Waals surface area contributed by atoms with Crippen molar-refractivity contribution < 1.29 is 9.18 Å². The second-order valence-corrected chi connectivity index (χ2v) is 5.58. The first-order valence-electron chi connectivity index (χ1n) is 7.72. The van der Waals surface area contributed by atoms with Crippen molar-refractivity contribution in [2.24, 2.45) is 0 Å². The Morgan fingerprint density at radius 2 is 1.73 bits per heavy atom. The fourth-order valence-corrected chi connectivity index (χ4v) is 2.40. The molecule has 0 aliphatic carbocycles. The van der Waals surface area contributed by atoms with E-state index in [-0.39, 0.29) is 17.8 Å². The molecule has 2 rings (SSSR count). The first kappa shape index (κ1) is 16.2. The van der Waals surface area contributed by atoms with E-state index < -0.39 is 0 Å². The largest absolute Gasteiger partial charge is 0.354 e.